The molecule has 1 aliphatic heterocycles. The summed E-state index contributed by atoms with van der Waals surface area (Å²) in [6.45, 7) is 3.64. The standard InChI is InChI=1S/C23H24ClFN4O2/c1-28(23(26)27-22(30)19-5-2-3-6-20(19)25)21(17-8-10-18(24)11-9-17)7-4-12-29-13-15-31-16-14-29/h2-3,5-6,8-11,21H,12-16H2,1H3,(H2,26,27,30). The molecule has 1 heterocycles. The Morgan fingerprint density at radius 3 is 2.61 bits per heavy atom. The van der Waals surface area contributed by atoms with Gasteiger partial charge in [0.25, 0.3) is 5.91 Å². The van der Waals surface area contributed by atoms with Crippen molar-refractivity contribution in [3.05, 3.63) is 70.5 Å². The third-order valence-electron chi connectivity index (χ3n) is 4.90. The predicted molar refractivity (Wildman–Crippen MR) is 119 cm³/mol. The van der Waals surface area contributed by atoms with Gasteiger partial charge in [0.15, 0.2) is 0 Å². The van der Waals surface area contributed by atoms with Gasteiger partial charge >= 0.3 is 0 Å². The van der Waals surface area contributed by atoms with Crippen LogP contribution >= 0.6 is 11.6 Å². The lowest BCUT2D eigenvalue weighted by molar-refractivity contribution is 0.0443. The van der Waals surface area contributed by atoms with Gasteiger partial charge < -0.3 is 15.4 Å². The molecule has 1 amide bonds. The van der Waals surface area contributed by atoms with E-state index in [1.807, 2.05) is 12.1 Å². The molecule has 8 heteroatoms. The summed E-state index contributed by atoms with van der Waals surface area (Å²) >= 11 is 6.02. The molecule has 6 nitrogen and oxygen atoms in total. The first-order chi connectivity index (χ1) is 15.0. The molecule has 1 saturated heterocycles. The fourth-order valence-electron chi connectivity index (χ4n) is 3.07. The molecule has 1 fully saturated rings. The van der Waals surface area contributed by atoms with Crippen molar-refractivity contribution in [3.63, 3.8) is 0 Å². The number of nitrogens with zero attached hydrogens (tertiary/aromatic N) is 3. The fraction of sp³-hybridized carbons (Fsp3) is 0.304. The number of benzene rings is 2. The van der Waals surface area contributed by atoms with Crippen LogP contribution in [0.15, 0.2) is 53.5 Å². The molecule has 0 spiro atoms. The minimum Gasteiger partial charge on any atom is -0.379 e. The first-order valence-electron chi connectivity index (χ1n) is 9.85. The number of amides is 1. The van der Waals surface area contributed by atoms with Gasteiger partial charge in [-0.25, -0.2) is 4.39 Å². The summed E-state index contributed by atoms with van der Waals surface area (Å²) in [5.74, 6) is 4.94. The van der Waals surface area contributed by atoms with Crippen LogP contribution in [0.1, 0.15) is 22.0 Å². The van der Waals surface area contributed by atoms with Crippen LogP contribution in [0.3, 0.4) is 0 Å². The van der Waals surface area contributed by atoms with E-state index in [9.17, 15) is 9.18 Å². The molecule has 1 unspecified atom stereocenters. The molecule has 0 aromatic heterocycles. The first kappa shape index (κ1) is 22.8. The van der Waals surface area contributed by atoms with Gasteiger partial charge in [-0.15, -0.1) is 0 Å². The highest BCUT2D eigenvalue weighted by molar-refractivity contribution is 6.30. The summed E-state index contributed by atoms with van der Waals surface area (Å²) in [4.78, 5) is 20.1. The summed E-state index contributed by atoms with van der Waals surface area (Å²) in [7, 11) is 1.69. The van der Waals surface area contributed by atoms with E-state index in [0.717, 1.165) is 18.7 Å². The van der Waals surface area contributed by atoms with E-state index in [0.29, 0.717) is 24.8 Å². The number of morpholine rings is 1. The molecule has 0 saturated carbocycles. The zero-order valence-corrected chi connectivity index (χ0v) is 18.0. The van der Waals surface area contributed by atoms with Crippen molar-refractivity contribution in [2.45, 2.75) is 6.04 Å². The molecular weight excluding hydrogens is 419 g/mol. The van der Waals surface area contributed by atoms with Gasteiger partial charge in [-0.2, -0.15) is 4.99 Å². The monoisotopic (exact) mass is 442 g/mol. The molecule has 0 radical (unpaired) electrons. The molecule has 2 aromatic rings. The van der Waals surface area contributed by atoms with Crippen LogP contribution in [0, 0.1) is 17.7 Å². The van der Waals surface area contributed by atoms with Gasteiger partial charge in [-0.3, -0.25) is 9.69 Å². The van der Waals surface area contributed by atoms with E-state index in [4.69, 9.17) is 22.1 Å². The van der Waals surface area contributed by atoms with Gasteiger partial charge in [0.2, 0.25) is 5.96 Å². The SMILES string of the molecule is CN(C(N)=NC(=O)c1ccccc1F)C(C#CCN1CCOCC1)c1ccc(Cl)cc1. The summed E-state index contributed by atoms with van der Waals surface area (Å²) in [6, 6.07) is 12.4. The molecule has 31 heavy (non-hydrogen) atoms. The molecule has 1 atom stereocenters. The lowest BCUT2D eigenvalue weighted by atomic mass is 10.1. The second kappa shape index (κ2) is 10.9. The highest BCUT2D eigenvalue weighted by Gasteiger charge is 2.19. The van der Waals surface area contributed by atoms with Crippen molar-refractivity contribution in [2.75, 3.05) is 39.9 Å². The van der Waals surface area contributed by atoms with Crippen molar-refractivity contribution >= 4 is 23.5 Å². The van der Waals surface area contributed by atoms with Crippen molar-refractivity contribution < 1.29 is 13.9 Å². The summed E-state index contributed by atoms with van der Waals surface area (Å²) in [5, 5.41) is 0.600. The Morgan fingerprint density at radius 2 is 1.94 bits per heavy atom. The Morgan fingerprint density at radius 1 is 1.26 bits per heavy atom. The lowest BCUT2D eigenvalue weighted by Gasteiger charge is -2.26. The molecule has 162 valence electrons. The number of hydrogen-bond acceptors (Lipinski definition) is 3. The highest BCUT2D eigenvalue weighted by atomic mass is 35.5. The second-order valence-corrected chi connectivity index (χ2v) is 7.47. The largest absolute Gasteiger partial charge is 0.379 e. The van der Waals surface area contributed by atoms with Crippen LogP contribution in [0.2, 0.25) is 5.02 Å². The molecule has 0 bridgehead atoms. The van der Waals surface area contributed by atoms with E-state index < -0.39 is 17.8 Å². The molecular formula is C23H24ClFN4O2. The summed E-state index contributed by atoms with van der Waals surface area (Å²) < 4.78 is 19.3. The van der Waals surface area contributed by atoms with Crippen LogP contribution in [-0.4, -0.2) is 61.6 Å². The minimum atomic E-state index is -0.751. The maximum Gasteiger partial charge on any atom is 0.283 e. The van der Waals surface area contributed by atoms with Gasteiger partial charge in [0, 0.05) is 25.2 Å². The summed E-state index contributed by atoms with van der Waals surface area (Å²) in [6.07, 6.45) is 0. The van der Waals surface area contributed by atoms with Crippen molar-refractivity contribution in [1.82, 2.24) is 9.80 Å². The predicted octanol–water partition coefficient (Wildman–Crippen LogP) is 2.94. The number of rotatable bonds is 4. The third-order valence-corrected chi connectivity index (χ3v) is 5.15. The fourth-order valence-corrected chi connectivity index (χ4v) is 3.20. The Hall–Kier alpha value is -2.92. The number of halogens is 2. The minimum absolute atomic E-state index is 0.0612. The van der Waals surface area contributed by atoms with E-state index >= 15 is 0 Å². The molecule has 0 aliphatic carbocycles. The third kappa shape index (κ3) is 6.28. The van der Waals surface area contributed by atoms with Crippen molar-refractivity contribution in [2.24, 2.45) is 10.7 Å². The van der Waals surface area contributed by atoms with Crippen LogP contribution < -0.4 is 5.73 Å². The van der Waals surface area contributed by atoms with Gasteiger partial charge in [-0.05, 0) is 29.8 Å². The number of guanidine groups is 1. The number of aliphatic imine (C=N–C) groups is 1. The van der Waals surface area contributed by atoms with E-state index in [1.165, 1.54) is 18.2 Å². The number of carbonyl (C=O) groups is 1. The van der Waals surface area contributed by atoms with Crippen LogP contribution in [0.25, 0.3) is 0 Å². The Labute approximate surface area is 186 Å². The highest BCUT2D eigenvalue weighted by Crippen LogP contribution is 2.21. The average Bonchev–Trinajstić information content (AvgIpc) is 2.78. The average molecular weight is 443 g/mol. The molecule has 1 aliphatic rings. The number of hydrogen-bond donors (Lipinski definition) is 1. The van der Waals surface area contributed by atoms with Crippen LogP contribution in [0.5, 0.6) is 0 Å². The zero-order valence-electron chi connectivity index (χ0n) is 17.2. The number of carbonyl (C=O) groups excluding carboxylic acids is 1. The van der Waals surface area contributed by atoms with Gasteiger partial charge in [0.1, 0.15) is 11.9 Å². The van der Waals surface area contributed by atoms with Crippen LogP contribution in [0.4, 0.5) is 4.39 Å². The Bertz CT molecular complexity index is 995. The van der Waals surface area contributed by atoms with Crippen molar-refractivity contribution in [1.29, 1.82) is 0 Å². The first-order valence-corrected chi connectivity index (χ1v) is 10.2. The van der Waals surface area contributed by atoms with E-state index in [-0.39, 0.29) is 11.5 Å². The van der Waals surface area contributed by atoms with Crippen molar-refractivity contribution in [3.8, 4) is 11.8 Å². The second-order valence-electron chi connectivity index (χ2n) is 7.03. The zero-order chi connectivity index (χ0) is 22.2. The van der Waals surface area contributed by atoms with Crippen LogP contribution in [-0.2, 0) is 4.74 Å². The van der Waals surface area contributed by atoms with Gasteiger partial charge in [0.05, 0.1) is 25.3 Å². The summed E-state index contributed by atoms with van der Waals surface area (Å²) in [5.41, 5.74) is 6.81. The van der Waals surface area contributed by atoms with E-state index in [2.05, 4.69) is 21.7 Å². The quantitative estimate of drug-likeness (QED) is 0.448. The molecule has 2 aromatic carbocycles. The number of ether oxygens (including phenoxy) is 1. The smallest absolute Gasteiger partial charge is 0.283 e. The van der Waals surface area contributed by atoms with Gasteiger partial charge in [-0.1, -0.05) is 47.7 Å². The lowest BCUT2D eigenvalue weighted by Crippen LogP contribution is -2.38. The topological polar surface area (TPSA) is 71.2 Å². The Kier molecular flexibility index (Phi) is 8.01. The number of nitrogens with two attached hydrogens (primary N) is 1. The maximum absolute atomic E-state index is 13.9. The molecule has 2 N–H and O–H groups in total. The van der Waals surface area contributed by atoms with E-state index in [1.54, 1.807) is 30.1 Å². The Balaban J connectivity index is 1.82. The molecule has 3 rings (SSSR count). The maximum atomic E-state index is 13.9. The normalized spacial score (nSPS) is 15.6.